The molecule has 1 saturated heterocycles. The molecule has 0 atom stereocenters. The predicted molar refractivity (Wildman–Crippen MR) is 44.9 cm³/mol. The molecule has 1 heterocycles. The zero-order valence-corrected chi connectivity index (χ0v) is 6.35. The van der Waals surface area contributed by atoms with Crippen molar-refractivity contribution in [1.29, 1.82) is 0 Å². The average Bonchev–Trinajstić information content (AvgIpc) is 2.36. The summed E-state index contributed by atoms with van der Waals surface area (Å²) in [4.78, 5) is 0. The van der Waals surface area contributed by atoms with Crippen molar-refractivity contribution >= 4 is 0 Å². The van der Waals surface area contributed by atoms with Gasteiger partial charge in [0.05, 0.1) is 0 Å². The van der Waals surface area contributed by atoms with Crippen LogP contribution in [0, 0.1) is 0 Å². The van der Waals surface area contributed by atoms with Crippen LogP contribution in [0.15, 0.2) is 36.0 Å². The fraction of sp³-hybridized carbons (Fsp3) is 0.333. The molecule has 10 heavy (non-hydrogen) atoms. The van der Waals surface area contributed by atoms with Gasteiger partial charge in [0.2, 0.25) is 0 Å². The van der Waals surface area contributed by atoms with Crippen LogP contribution in [0.5, 0.6) is 0 Å². The smallest absolute Gasteiger partial charge is 0.0211 e. The molecular formula is C9H13N. The third-order valence-corrected chi connectivity index (χ3v) is 1.71. The van der Waals surface area contributed by atoms with Gasteiger partial charge in [0.25, 0.3) is 0 Å². The minimum Gasteiger partial charge on any atom is -0.309 e. The van der Waals surface area contributed by atoms with Gasteiger partial charge < -0.3 is 5.32 Å². The first kappa shape index (κ1) is 7.29. The van der Waals surface area contributed by atoms with E-state index in [0.717, 1.165) is 13.1 Å². The van der Waals surface area contributed by atoms with Crippen LogP contribution in [0.4, 0.5) is 0 Å². The Morgan fingerprint density at radius 3 is 2.70 bits per heavy atom. The first-order chi connectivity index (χ1) is 4.88. The maximum Gasteiger partial charge on any atom is 0.0211 e. The summed E-state index contributed by atoms with van der Waals surface area (Å²) < 4.78 is 0. The first-order valence-electron chi connectivity index (χ1n) is 3.56. The van der Waals surface area contributed by atoms with E-state index in [9.17, 15) is 0 Å². The molecule has 0 aromatic rings. The van der Waals surface area contributed by atoms with Crippen LogP contribution in [-0.2, 0) is 0 Å². The third-order valence-electron chi connectivity index (χ3n) is 1.71. The number of allylic oxidation sites excluding steroid dienone is 3. The fourth-order valence-electron chi connectivity index (χ4n) is 1.15. The van der Waals surface area contributed by atoms with Gasteiger partial charge in [-0.05, 0) is 18.1 Å². The second-order valence-corrected chi connectivity index (χ2v) is 2.35. The SMILES string of the molecule is C=C/C=C1/CNC/C1=C/C. The lowest BCUT2D eigenvalue weighted by molar-refractivity contribution is 0.894. The van der Waals surface area contributed by atoms with Gasteiger partial charge in [0.1, 0.15) is 0 Å². The van der Waals surface area contributed by atoms with Crippen molar-refractivity contribution in [3.63, 3.8) is 0 Å². The zero-order valence-electron chi connectivity index (χ0n) is 6.35. The van der Waals surface area contributed by atoms with E-state index >= 15 is 0 Å². The summed E-state index contributed by atoms with van der Waals surface area (Å²) in [5.74, 6) is 0. The van der Waals surface area contributed by atoms with Gasteiger partial charge in [0.15, 0.2) is 0 Å². The van der Waals surface area contributed by atoms with Gasteiger partial charge in [-0.2, -0.15) is 0 Å². The highest BCUT2D eigenvalue weighted by Crippen LogP contribution is 2.13. The number of hydrogen-bond donors (Lipinski definition) is 1. The maximum absolute atomic E-state index is 3.66. The average molecular weight is 135 g/mol. The number of hydrogen-bond acceptors (Lipinski definition) is 1. The van der Waals surface area contributed by atoms with Gasteiger partial charge in [-0.15, -0.1) is 0 Å². The van der Waals surface area contributed by atoms with Gasteiger partial charge in [-0.1, -0.05) is 24.8 Å². The van der Waals surface area contributed by atoms with Crippen LogP contribution in [0.2, 0.25) is 0 Å². The Hall–Kier alpha value is -0.820. The van der Waals surface area contributed by atoms with E-state index in [-0.39, 0.29) is 0 Å². The topological polar surface area (TPSA) is 12.0 Å². The lowest BCUT2D eigenvalue weighted by Gasteiger charge is -1.93. The summed E-state index contributed by atoms with van der Waals surface area (Å²) in [5.41, 5.74) is 2.78. The fourth-order valence-corrected chi connectivity index (χ4v) is 1.15. The Morgan fingerprint density at radius 2 is 2.10 bits per heavy atom. The second kappa shape index (κ2) is 3.37. The van der Waals surface area contributed by atoms with Crippen molar-refractivity contribution in [1.82, 2.24) is 5.32 Å². The van der Waals surface area contributed by atoms with E-state index in [1.165, 1.54) is 11.1 Å². The molecule has 0 aliphatic carbocycles. The van der Waals surface area contributed by atoms with Crippen molar-refractivity contribution in [2.45, 2.75) is 6.92 Å². The summed E-state index contributed by atoms with van der Waals surface area (Å²) in [6.07, 6.45) is 6.05. The molecule has 1 fully saturated rings. The third kappa shape index (κ3) is 1.36. The molecule has 1 aliphatic heterocycles. The minimum absolute atomic E-state index is 0.992. The molecule has 1 nitrogen and oxygen atoms in total. The molecule has 0 spiro atoms. The molecule has 0 saturated carbocycles. The van der Waals surface area contributed by atoms with Gasteiger partial charge in [-0.3, -0.25) is 0 Å². The summed E-state index contributed by atoms with van der Waals surface area (Å²) in [6.45, 7) is 7.73. The molecule has 0 bridgehead atoms. The largest absolute Gasteiger partial charge is 0.309 e. The van der Waals surface area contributed by atoms with Crippen LogP contribution in [-0.4, -0.2) is 13.1 Å². The van der Waals surface area contributed by atoms with E-state index < -0.39 is 0 Å². The van der Waals surface area contributed by atoms with E-state index in [1.807, 2.05) is 6.08 Å². The van der Waals surface area contributed by atoms with Crippen molar-refractivity contribution in [3.05, 3.63) is 36.0 Å². The monoisotopic (exact) mass is 135 g/mol. The van der Waals surface area contributed by atoms with Crippen molar-refractivity contribution in [2.24, 2.45) is 0 Å². The van der Waals surface area contributed by atoms with Crippen molar-refractivity contribution in [2.75, 3.05) is 13.1 Å². The molecule has 1 rings (SSSR count). The molecular weight excluding hydrogens is 122 g/mol. The number of nitrogens with one attached hydrogen (secondary N) is 1. The number of rotatable bonds is 1. The molecule has 0 amide bonds. The van der Waals surface area contributed by atoms with Crippen molar-refractivity contribution in [3.8, 4) is 0 Å². The highest BCUT2D eigenvalue weighted by molar-refractivity contribution is 5.38. The molecule has 1 heteroatoms. The van der Waals surface area contributed by atoms with Gasteiger partial charge in [-0.25, -0.2) is 0 Å². The first-order valence-corrected chi connectivity index (χ1v) is 3.56. The molecule has 0 aromatic heterocycles. The molecule has 0 radical (unpaired) electrons. The summed E-state index contributed by atoms with van der Waals surface area (Å²) in [6, 6.07) is 0. The normalized spacial score (nSPS) is 26.1. The highest BCUT2D eigenvalue weighted by atomic mass is 14.9. The standard InChI is InChI=1S/C9H13N/c1-3-5-9-7-10-6-8(9)4-2/h3-5,10H,1,6-7H2,2H3/b8-4-,9-5-. The Balaban J connectivity index is 2.77. The zero-order chi connectivity index (χ0) is 7.40. The summed E-state index contributed by atoms with van der Waals surface area (Å²) in [7, 11) is 0. The highest BCUT2D eigenvalue weighted by Gasteiger charge is 2.09. The molecule has 0 unspecified atom stereocenters. The second-order valence-electron chi connectivity index (χ2n) is 2.35. The Labute approximate surface area is 62.1 Å². The summed E-state index contributed by atoms with van der Waals surface area (Å²) >= 11 is 0. The van der Waals surface area contributed by atoms with Crippen LogP contribution in [0.1, 0.15) is 6.92 Å². The van der Waals surface area contributed by atoms with Crippen LogP contribution in [0.3, 0.4) is 0 Å². The molecule has 54 valence electrons. The van der Waals surface area contributed by atoms with Crippen LogP contribution < -0.4 is 5.32 Å². The van der Waals surface area contributed by atoms with E-state index in [2.05, 4.69) is 31.0 Å². The lowest BCUT2D eigenvalue weighted by Crippen LogP contribution is -2.04. The van der Waals surface area contributed by atoms with Gasteiger partial charge in [0, 0.05) is 13.1 Å². The predicted octanol–water partition coefficient (Wildman–Crippen LogP) is 1.65. The van der Waals surface area contributed by atoms with E-state index in [0.29, 0.717) is 0 Å². The van der Waals surface area contributed by atoms with Crippen molar-refractivity contribution < 1.29 is 0 Å². The Morgan fingerprint density at radius 1 is 1.40 bits per heavy atom. The maximum atomic E-state index is 3.66. The van der Waals surface area contributed by atoms with Crippen LogP contribution in [0.25, 0.3) is 0 Å². The van der Waals surface area contributed by atoms with E-state index in [4.69, 9.17) is 0 Å². The lowest BCUT2D eigenvalue weighted by atomic mass is 10.1. The Kier molecular flexibility index (Phi) is 2.46. The minimum atomic E-state index is 0.992. The summed E-state index contributed by atoms with van der Waals surface area (Å²) in [5, 5.41) is 3.27. The Bertz CT molecular complexity index is 187. The molecule has 0 aromatic carbocycles. The van der Waals surface area contributed by atoms with Crippen LogP contribution >= 0.6 is 0 Å². The quantitative estimate of drug-likeness (QED) is 0.576. The van der Waals surface area contributed by atoms with Gasteiger partial charge >= 0.3 is 0 Å². The molecule has 1 N–H and O–H groups in total. The molecule has 1 aliphatic rings. The van der Waals surface area contributed by atoms with E-state index in [1.54, 1.807) is 0 Å².